The molecule has 1 aromatic carbocycles. The molecule has 0 radical (unpaired) electrons. The smallest absolute Gasteiger partial charge is 0.277 e. The van der Waals surface area contributed by atoms with E-state index in [-0.39, 0.29) is 15.7 Å². The molecule has 5 nitrogen and oxygen atoms in total. The standard InChI is InChI=1S/C15H14ClFN2O3S/c16-11-12(23-19-13(11)20)14(21)18-15(4-6-22-7-5-15)9-2-1-3-10(17)8-9/h1-3,8H,4-7H2,(H,18,21)(H,19,20). The number of hydrogen-bond donors (Lipinski definition) is 2. The van der Waals surface area contributed by atoms with Crippen LogP contribution in [-0.2, 0) is 10.3 Å². The molecule has 2 aromatic rings. The number of aromatic nitrogens is 1. The van der Waals surface area contributed by atoms with Gasteiger partial charge in [0.15, 0.2) is 0 Å². The topological polar surface area (TPSA) is 71.2 Å². The molecule has 0 bridgehead atoms. The fourth-order valence-electron chi connectivity index (χ4n) is 2.70. The first-order valence-electron chi connectivity index (χ1n) is 7.05. The highest BCUT2D eigenvalue weighted by Gasteiger charge is 2.37. The van der Waals surface area contributed by atoms with Crippen LogP contribution in [0.3, 0.4) is 0 Å². The third kappa shape index (κ3) is 3.17. The molecule has 8 heteroatoms. The lowest BCUT2D eigenvalue weighted by Crippen LogP contribution is -2.49. The number of aromatic amines is 1. The van der Waals surface area contributed by atoms with Gasteiger partial charge in [0, 0.05) is 13.2 Å². The number of carbonyl (C=O) groups excluding carboxylic acids is 1. The number of ether oxygens (including phenoxy) is 1. The zero-order valence-electron chi connectivity index (χ0n) is 12.0. The van der Waals surface area contributed by atoms with E-state index in [2.05, 4.69) is 9.69 Å². The van der Waals surface area contributed by atoms with Crippen molar-refractivity contribution >= 4 is 29.0 Å². The van der Waals surface area contributed by atoms with Crippen LogP contribution < -0.4 is 10.9 Å². The zero-order chi connectivity index (χ0) is 16.4. The number of halogens is 2. The molecule has 3 rings (SSSR count). The predicted molar refractivity (Wildman–Crippen MR) is 85.5 cm³/mol. The Kier molecular flexibility index (Phi) is 4.52. The van der Waals surface area contributed by atoms with Gasteiger partial charge in [-0.15, -0.1) is 0 Å². The van der Waals surface area contributed by atoms with Crippen LogP contribution in [0.15, 0.2) is 29.1 Å². The molecule has 0 atom stereocenters. The molecule has 1 aliphatic rings. The summed E-state index contributed by atoms with van der Waals surface area (Å²) in [4.78, 5) is 24.1. The summed E-state index contributed by atoms with van der Waals surface area (Å²) in [5.41, 5.74) is -0.560. The second-order valence-electron chi connectivity index (χ2n) is 5.34. The number of rotatable bonds is 3. The molecule has 0 unspecified atom stereocenters. The van der Waals surface area contributed by atoms with Crippen LogP contribution in [0, 0.1) is 5.82 Å². The normalized spacial score (nSPS) is 17.0. The summed E-state index contributed by atoms with van der Waals surface area (Å²) in [6, 6.07) is 6.14. The van der Waals surface area contributed by atoms with E-state index in [4.69, 9.17) is 16.3 Å². The number of nitrogens with one attached hydrogen (secondary N) is 2. The Hall–Kier alpha value is -1.70. The SMILES string of the molecule is O=C(NC1(c2cccc(F)c2)CCOCC1)c1s[nH]c(=O)c1Cl. The molecular weight excluding hydrogens is 343 g/mol. The van der Waals surface area contributed by atoms with Crippen molar-refractivity contribution in [3.63, 3.8) is 0 Å². The van der Waals surface area contributed by atoms with Gasteiger partial charge in [-0.1, -0.05) is 35.3 Å². The number of benzene rings is 1. The van der Waals surface area contributed by atoms with Gasteiger partial charge in [0.05, 0.1) is 5.54 Å². The van der Waals surface area contributed by atoms with E-state index in [1.807, 2.05) is 0 Å². The lowest BCUT2D eigenvalue weighted by molar-refractivity contribution is 0.0345. The van der Waals surface area contributed by atoms with Gasteiger partial charge in [-0.05, 0) is 30.5 Å². The fraction of sp³-hybridized carbons (Fsp3) is 0.333. The summed E-state index contributed by atoms with van der Waals surface area (Å²) in [7, 11) is 0. The van der Waals surface area contributed by atoms with Gasteiger partial charge in [-0.25, -0.2) is 4.39 Å². The molecule has 122 valence electrons. The van der Waals surface area contributed by atoms with Crippen LogP contribution >= 0.6 is 23.1 Å². The molecule has 1 saturated heterocycles. The number of carbonyl (C=O) groups is 1. The van der Waals surface area contributed by atoms with Crippen molar-refractivity contribution in [3.05, 3.63) is 55.9 Å². The number of H-pyrrole nitrogens is 1. The van der Waals surface area contributed by atoms with Crippen molar-refractivity contribution < 1.29 is 13.9 Å². The molecule has 1 aromatic heterocycles. The molecule has 0 spiro atoms. The maximum atomic E-state index is 13.6. The minimum absolute atomic E-state index is 0.124. The van der Waals surface area contributed by atoms with Gasteiger partial charge < -0.3 is 10.1 Å². The maximum absolute atomic E-state index is 13.6. The first-order chi connectivity index (χ1) is 11.0. The lowest BCUT2D eigenvalue weighted by atomic mass is 9.82. The Morgan fingerprint density at radius 1 is 1.39 bits per heavy atom. The Morgan fingerprint density at radius 2 is 2.13 bits per heavy atom. The second kappa shape index (κ2) is 6.43. The summed E-state index contributed by atoms with van der Waals surface area (Å²) in [5.74, 6) is -0.823. The molecule has 1 amide bonds. The molecule has 23 heavy (non-hydrogen) atoms. The quantitative estimate of drug-likeness (QED) is 0.888. The van der Waals surface area contributed by atoms with Crippen LogP contribution in [0.5, 0.6) is 0 Å². The Balaban J connectivity index is 1.95. The van der Waals surface area contributed by atoms with Crippen molar-refractivity contribution in [1.29, 1.82) is 0 Å². The van der Waals surface area contributed by atoms with Gasteiger partial charge in [0.2, 0.25) is 0 Å². The molecule has 1 aliphatic heterocycles. The van der Waals surface area contributed by atoms with Gasteiger partial charge in [0.1, 0.15) is 15.7 Å². The minimum Gasteiger partial charge on any atom is -0.381 e. The third-order valence-electron chi connectivity index (χ3n) is 3.93. The van der Waals surface area contributed by atoms with Gasteiger partial charge in [0.25, 0.3) is 11.5 Å². The molecular formula is C15H14ClFN2O3S. The minimum atomic E-state index is -0.742. The summed E-state index contributed by atoms with van der Waals surface area (Å²) < 4.78 is 21.4. The van der Waals surface area contributed by atoms with Crippen molar-refractivity contribution in [2.24, 2.45) is 0 Å². The fourth-order valence-corrected chi connectivity index (χ4v) is 3.63. The van der Waals surface area contributed by atoms with E-state index in [1.165, 1.54) is 12.1 Å². The zero-order valence-corrected chi connectivity index (χ0v) is 13.6. The summed E-state index contributed by atoms with van der Waals surface area (Å²) in [5, 5.41) is 2.80. The van der Waals surface area contributed by atoms with Gasteiger partial charge in [-0.2, -0.15) is 0 Å². The van der Waals surface area contributed by atoms with Crippen LogP contribution in [0.25, 0.3) is 0 Å². The second-order valence-corrected chi connectivity index (χ2v) is 6.53. The summed E-state index contributed by atoms with van der Waals surface area (Å²) in [6.45, 7) is 0.905. The Bertz CT molecular complexity index is 783. The highest BCUT2D eigenvalue weighted by Crippen LogP contribution is 2.33. The Labute approximate surface area is 140 Å². The number of hydrogen-bond acceptors (Lipinski definition) is 4. The van der Waals surface area contributed by atoms with Crippen molar-refractivity contribution in [2.45, 2.75) is 18.4 Å². The van der Waals surface area contributed by atoms with Crippen LogP contribution in [0.2, 0.25) is 5.02 Å². The molecule has 2 N–H and O–H groups in total. The van der Waals surface area contributed by atoms with E-state index in [1.54, 1.807) is 12.1 Å². The van der Waals surface area contributed by atoms with Crippen molar-refractivity contribution in [3.8, 4) is 0 Å². The van der Waals surface area contributed by atoms with E-state index < -0.39 is 17.0 Å². The maximum Gasteiger partial charge on any atom is 0.277 e. The molecule has 0 aliphatic carbocycles. The monoisotopic (exact) mass is 356 g/mol. The summed E-state index contributed by atoms with van der Waals surface area (Å²) >= 11 is 6.74. The third-order valence-corrected chi connectivity index (χ3v) is 5.28. The van der Waals surface area contributed by atoms with E-state index >= 15 is 0 Å². The van der Waals surface area contributed by atoms with Crippen LogP contribution in [0.4, 0.5) is 4.39 Å². The first-order valence-corrected chi connectivity index (χ1v) is 8.24. The predicted octanol–water partition coefficient (Wildman–Crippen LogP) is 2.66. The van der Waals surface area contributed by atoms with Crippen molar-refractivity contribution in [1.82, 2.24) is 9.69 Å². The highest BCUT2D eigenvalue weighted by molar-refractivity contribution is 7.08. The van der Waals surface area contributed by atoms with E-state index in [0.717, 1.165) is 11.5 Å². The van der Waals surface area contributed by atoms with Crippen LogP contribution in [-0.4, -0.2) is 23.5 Å². The molecule has 1 fully saturated rings. The van der Waals surface area contributed by atoms with E-state index in [0.29, 0.717) is 31.6 Å². The van der Waals surface area contributed by atoms with Crippen LogP contribution in [0.1, 0.15) is 28.1 Å². The van der Waals surface area contributed by atoms with Crippen molar-refractivity contribution in [2.75, 3.05) is 13.2 Å². The van der Waals surface area contributed by atoms with E-state index in [9.17, 15) is 14.0 Å². The highest BCUT2D eigenvalue weighted by atomic mass is 35.5. The molecule has 2 heterocycles. The summed E-state index contributed by atoms with van der Waals surface area (Å²) in [6.07, 6.45) is 1.03. The first kappa shape index (κ1) is 16.2. The largest absolute Gasteiger partial charge is 0.381 e. The average molecular weight is 357 g/mol. The number of amides is 1. The lowest BCUT2D eigenvalue weighted by Gasteiger charge is -2.38. The van der Waals surface area contributed by atoms with Gasteiger partial charge in [-0.3, -0.25) is 14.0 Å². The Morgan fingerprint density at radius 3 is 2.74 bits per heavy atom. The van der Waals surface area contributed by atoms with Gasteiger partial charge >= 0.3 is 0 Å². The average Bonchev–Trinajstić information content (AvgIpc) is 2.88. The molecule has 0 saturated carbocycles.